The third-order valence-electron chi connectivity index (χ3n) is 2.45. The number of ether oxygens (including phenoxy) is 2. The van der Waals surface area contributed by atoms with Crippen molar-refractivity contribution in [2.24, 2.45) is 0 Å². The molecule has 0 saturated heterocycles. The highest BCUT2D eigenvalue weighted by molar-refractivity contribution is 7.71. The van der Waals surface area contributed by atoms with Crippen molar-refractivity contribution in [3.8, 4) is 22.8 Å². The minimum Gasteiger partial charge on any atom is -0.454 e. The van der Waals surface area contributed by atoms with Gasteiger partial charge in [-0.15, -0.1) is 0 Å². The Morgan fingerprint density at radius 3 is 2.88 bits per heavy atom. The molecule has 3 rings (SSSR count). The quantitative estimate of drug-likeness (QED) is 0.755. The lowest BCUT2D eigenvalue weighted by Gasteiger charge is -2.04. The van der Waals surface area contributed by atoms with Crippen LogP contribution >= 0.6 is 12.2 Å². The van der Waals surface area contributed by atoms with Crippen LogP contribution in [0.15, 0.2) is 24.3 Å². The van der Waals surface area contributed by atoms with E-state index in [9.17, 15) is 0 Å². The molecule has 0 spiro atoms. The first-order valence-electron chi connectivity index (χ1n) is 4.99. The Hall–Kier alpha value is -2.08. The SMILES string of the molecule is Nc1cc(-c2ccc3c(c2)OCO3)[nH]c(=S)n1. The number of hydrogen-bond donors (Lipinski definition) is 2. The van der Waals surface area contributed by atoms with Gasteiger partial charge in [0.05, 0.1) is 5.69 Å². The molecule has 6 heteroatoms. The molecule has 0 saturated carbocycles. The van der Waals surface area contributed by atoms with Gasteiger partial charge < -0.3 is 20.2 Å². The van der Waals surface area contributed by atoms with E-state index in [0.717, 1.165) is 22.8 Å². The molecule has 86 valence electrons. The van der Waals surface area contributed by atoms with Crippen LogP contribution < -0.4 is 15.2 Å². The van der Waals surface area contributed by atoms with Crippen LogP contribution in [0.1, 0.15) is 0 Å². The summed E-state index contributed by atoms with van der Waals surface area (Å²) in [7, 11) is 0. The van der Waals surface area contributed by atoms with Gasteiger partial charge in [0.15, 0.2) is 16.3 Å². The van der Waals surface area contributed by atoms with Crippen molar-refractivity contribution in [2.45, 2.75) is 0 Å². The predicted octanol–water partition coefficient (Wildman–Crippen LogP) is 2.12. The van der Waals surface area contributed by atoms with E-state index in [4.69, 9.17) is 27.4 Å². The number of aromatic amines is 1. The summed E-state index contributed by atoms with van der Waals surface area (Å²) in [5, 5.41) is 0. The number of benzene rings is 1. The average molecular weight is 247 g/mol. The zero-order valence-corrected chi connectivity index (χ0v) is 9.58. The van der Waals surface area contributed by atoms with Crippen LogP contribution in [0.3, 0.4) is 0 Å². The number of nitrogens with zero attached hydrogens (tertiary/aromatic N) is 1. The van der Waals surface area contributed by atoms with Crippen molar-refractivity contribution in [1.82, 2.24) is 9.97 Å². The second-order valence-electron chi connectivity index (χ2n) is 3.59. The monoisotopic (exact) mass is 247 g/mol. The van der Waals surface area contributed by atoms with E-state index in [1.807, 2.05) is 18.2 Å². The van der Waals surface area contributed by atoms with Gasteiger partial charge in [0.1, 0.15) is 5.82 Å². The zero-order valence-electron chi connectivity index (χ0n) is 8.77. The number of hydrogen-bond acceptors (Lipinski definition) is 5. The fraction of sp³-hybridized carbons (Fsp3) is 0.0909. The molecule has 5 nitrogen and oxygen atoms in total. The van der Waals surface area contributed by atoms with Crippen molar-refractivity contribution >= 4 is 18.0 Å². The van der Waals surface area contributed by atoms with Crippen LogP contribution in [-0.2, 0) is 0 Å². The minimum absolute atomic E-state index is 0.257. The van der Waals surface area contributed by atoms with E-state index in [1.54, 1.807) is 6.07 Å². The van der Waals surface area contributed by atoms with Crippen LogP contribution in [-0.4, -0.2) is 16.8 Å². The van der Waals surface area contributed by atoms with E-state index in [-0.39, 0.29) is 6.79 Å². The average Bonchev–Trinajstić information content (AvgIpc) is 2.74. The molecule has 0 radical (unpaired) electrons. The standard InChI is InChI=1S/C11H9N3O2S/c12-10-4-7(13-11(17)14-10)6-1-2-8-9(3-6)16-5-15-8/h1-4H,5H2,(H3,12,13,14,17). The van der Waals surface area contributed by atoms with Gasteiger partial charge in [-0.2, -0.15) is 0 Å². The summed E-state index contributed by atoms with van der Waals surface area (Å²) in [6, 6.07) is 7.37. The molecule has 0 fully saturated rings. The third kappa shape index (κ3) is 1.83. The number of H-pyrrole nitrogens is 1. The number of nitrogen functional groups attached to an aromatic ring is 1. The molecule has 1 aliphatic rings. The maximum Gasteiger partial charge on any atom is 0.231 e. The Kier molecular flexibility index (Phi) is 2.22. The van der Waals surface area contributed by atoms with Crippen molar-refractivity contribution in [3.05, 3.63) is 29.0 Å². The second kappa shape index (κ2) is 3.74. The Labute approximate surface area is 102 Å². The summed E-state index contributed by atoms with van der Waals surface area (Å²) in [5.74, 6) is 1.85. The molecule has 2 aromatic rings. The van der Waals surface area contributed by atoms with Gasteiger partial charge in [-0.1, -0.05) is 0 Å². The summed E-state index contributed by atoms with van der Waals surface area (Å²) in [4.78, 5) is 6.90. The van der Waals surface area contributed by atoms with Gasteiger partial charge in [0.2, 0.25) is 6.79 Å². The fourth-order valence-electron chi connectivity index (χ4n) is 1.70. The Balaban J connectivity index is 2.12. The molecule has 1 aliphatic heterocycles. The van der Waals surface area contributed by atoms with Crippen LogP contribution in [0.5, 0.6) is 11.5 Å². The number of aromatic nitrogens is 2. The number of rotatable bonds is 1. The number of nitrogens with one attached hydrogen (secondary N) is 1. The third-order valence-corrected chi connectivity index (χ3v) is 2.64. The van der Waals surface area contributed by atoms with E-state index in [2.05, 4.69) is 9.97 Å². The highest BCUT2D eigenvalue weighted by Crippen LogP contribution is 2.35. The lowest BCUT2D eigenvalue weighted by atomic mass is 10.1. The van der Waals surface area contributed by atoms with Crippen LogP contribution in [0, 0.1) is 4.77 Å². The second-order valence-corrected chi connectivity index (χ2v) is 3.98. The first kappa shape index (κ1) is 10.1. The van der Waals surface area contributed by atoms with Gasteiger partial charge in [-0.3, -0.25) is 0 Å². The smallest absolute Gasteiger partial charge is 0.231 e. The van der Waals surface area contributed by atoms with Crippen LogP contribution in [0.2, 0.25) is 0 Å². The van der Waals surface area contributed by atoms with Crippen molar-refractivity contribution in [1.29, 1.82) is 0 Å². The van der Waals surface area contributed by atoms with E-state index in [0.29, 0.717) is 10.6 Å². The van der Waals surface area contributed by atoms with E-state index in [1.165, 1.54) is 0 Å². The summed E-state index contributed by atoms with van der Waals surface area (Å²) < 4.78 is 10.9. The molecule has 1 aromatic carbocycles. The van der Waals surface area contributed by atoms with Gasteiger partial charge in [0.25, 0.3) is 0 Å². The topological polar surface area (TPSA) is 73.2 Å². The van der Waals surface area contributed by atoms with Crippen molar-refractivity contribution < 1.29 is 9.47 Å². The minimum atomic E-state index is 0.257. The van der Waals surface area contributed by atoms with Crippen molar-refractivity contribution in [2.75, 3.05) is 12.5 Å². The van der Waals surface area contributed by atoms with Crippen molar-refractivity contribution in [3.63, 3.8) is 0 Å². The highest BCUT2D eigenvalue weighted by Gasteiger charge is 2.14. The normalized spacial score (nSPS) is 12.7. The molecule has 0 aliphatic carbocycles. The molecule has 1 aromatic heterocycles. The Bertz CT molecular complexity index is 639. The number of nitrogens with two attached hydrogens (primary N) is 1. The lowest BCUT2D eigenvalue weighted by molar-refractivity contribution is 0.174. The van der Waals surface area contributed by atoms with Crippen LogP contribution in [0.25, 0.3) is 11.3 Å². The summed E-state index contributed by atoms with van der Waals surface area (Å²) >= 11 is 4.98. The number of fused-ring (bicyclic) bond motifs is 1. The largest absolute Gasteiger partial charge is 0.454 e. The molecule has 2 heterocycles. The molecule has 0 amide bonds. The first-order chi connectivity index (χ1) is 8.22. The van der Waals surface area contributed by atoms with Gasteiger partial charge in [-0.05, 0) is 30.4 Å². The maximum atomic E-state index is 5.66. The molecule has 0 unspecified atom stereocenters. The maximum absolute atomic E-state index is 5.66. The zero-order chi connectivity index (χ0) is 11.8. The van der Waals surface area contributed by atoms with E-state index >= 15 is 0 Å². The molecule has 17 heavy (non-hydrogen) atoms. The summed E-state index contributed by atoms with van der Waals surface area (Å²) in [6.45, 7) is 0.257. The Morgan fingerprint density at radius 1 is 1.24 bits per heavy atom. The van der Waals surface area contributed by atoms with Gasteiger partial charge in [0, 0.05) is 11.6 Å². The fourth-order valence-corrected chi connectivity index (χ4v) is 1.91. The van der Waals surface area contributed by atoms with Crippen LogP contribution in [0.4, 0.5) is 5.82 Å². The highest BCUT2D eigenvalue weighted by atomic mass is 32.1. The Morgan fingerprint density at radius 2 is 2.06 bits per heavy atom. The summed E-state index contributed by atoms with van der Waals surface area (Å²) in [6.07, 6.45) is 0. The molecule has 3 N–H and O–H groups in total. The van der Waals surface area contributed by atoms with E-state index < -0.39 is 0 Å². The molecular formula is C11H9N3O2S. The molecule has 0 bridgehead atoms. The van der Waals surface area contributed by atoms with Gasteiger partial charge in [-0.25, -0.2) is 4.98 Å². The predicted molar refractivity (Wildman–Crippen MR) is 65.4 cm³/mol. The lowest BCUT2D eigenvalue weighted by Crippen LogP contribution is -1.94. The number of anilines is 1. The first-order valence-corrected chi connectivity index (χ1v) is 5.40. The molecule has 0 atom stereocenters. The summed E-state index contributed by atoms with van der Waals surface area (Å²) in [5.41, 5.74) is 7.39. The van der Waals surface area contributed by atoms with Gasteiger partial charge >= 0.3 is 0 Å². The molecular weight excluding hydrogens is 238 g/mol.